The van der Waals surface area contributed by atoms with Gasteiger partial charge in [-0.05, 0) is 45.3 Å². The number of anilines is 1. The van der Waals surface area contributed by atoms with E-state index < -0.39 is 0 Å². The summed E-state index contributed by atoms with van der Waals surface area (Å²) in [4.78, 5) is 2.59. The van der Waals surface area contributed by atoms with E-state index in [0.29, 0.717) is 12.0 Å². The number of fused-ring (bicyclic) bond motifs is 1. The highest BCUT2D eigenvalue weighted by Crippen LogP contribution is 2.19. The number of nitrogens with zero attached hydrogens (tertiary/aromatic N) is 3. The standard InChI is InChI=1S/C21H31N5/c1-16-4-3-5-18(10-16)14-25-8-6-20(7-9-25)22-12-19-13-23-21-11-17(2)24-26(21)15-19/h3-5,10-11,19-20,22-23H,6-9,12-15H2,1-2H3. The zero-order chi connectivity index (χ0) is 17.9. The van der Waals surface area contributed by atoms with Crippen molar-refractivity contribution in [2.75, 3.05) is 31.5 Å². The van der Waals surface area contributed by atoms with Gasteiger partial charge in [-0.2, -0.15) is 5.10 Å². The third kappa shape index (κ3) is 4.27. The van der Waals surface area contributed by atoms with Crippen molar-refractivity contribution in [2.24, 2.45) is 5.92 Å². The van der Waals surface area contributed by atoms with E-state index >= 15 is 0 Å². The Morgan fingerprint density at radius 1 is 1.19 bits per heavy atom. The molecule has 2 aromatic rings. The van der Waals surface area contributed by atoms with Gasteiger partial charge in [0.25, 0.3) is 0 Å². The van der Waals surface area contributed by atoms with Gasteiger partial charge in [0, 0.05) is 44.2 Å². The molecule has 1 saturated heterocycles. The molecule has 1 unspecified atom stereocenters. The third-order valence-corrected chi connectivity index (χ3v) is 5.68. The predicted octanol–water partition coefficient (Wildman–Crippen LogP) is 2.80. The zero-order valence-electron chi connectivity index (χ0n) is 16.0. The largest absolute Gasteiger partial charge is 0.370 e. The molecule has 140 valence electrons. The van der Waals surface area contributed by atoms with Crippen LogP contribution in [-0.2, 0) is 13.1 Å². The summed E-state index contributed by atoms with van der Waals surface area (Å²) in [5, 5.41) is 11.9. The van der Waals surface area contributed by atoms with E-state index in [1.165, 1.54) is 42.9 Å². The first-order chi connectivity index (χ1) is 12.7. The minimum Gasteiger partial charge on any atom is -0.370 e. The van der Waals surface area contributed by atoms with Crippen molar-refractivity contribution in [1.82, 2.24) is 20.0 Å². The van der Waals surface area contributed by atoms with E-state index in [2.05, 4.69) is 69.5 Å². The Bertz CT molecular complexity index is 730. The fourth-order valence-corrected chi connectivity index (χ4v) is 4.22. The van der Waals surface area contributed by atoms with Crippen LogP contribution in [0.5, 0.6) is 0 Å². The van der Waals surface area contributed by atoms with Crippen LogP contribution in [0.4, 0.5) is 5.82 Å². The van der Waals surface area contributed by atoms with Crippen molar-refractivity contribution in [3.63, 3.8) is 0 Å². The lowest BCUT2D eigenvalue weighted by Crippen LogP contribution is -2.45. The van der Waals surface area contributed by atoms with E-state index in [1.807, 2.05) is 0 Å². The second-order valence-electron chi connectivity index (χ2n) is 8.05. The molecule has 0 spiro atoms. The Hall–Kier alpha value is -1.85. The van der Waals surface area contributed by atoms with Crippen molar-refractivity contribution in [1.29, 1.82) is 0 Å². The molecule has 0 aliphatic carbocycles. The number of rotatable bonds is 5. The molecule has 0 bridgehead atoms. The molecule has 1 aromatic carbocycles. The van der Waals surface area contributed by atoms with Crippen molar-refractivity contribution < 1.29 is 0 Å². The lowest BCUT2D eigenvalue weighted by molar-refractivity contribution is 0.186. The number of aromatic nitrogens is 2. The predicted molar refractivity (Wildman–Crippen MR) is 106 cm³/mol. The lowest BCUT2D eigenvalue weighted by atomic mass is 10.0. The number of piperidine rings is 1. The molecular formula is C21H31N5. The van der Waals surface area contributed by atoms with Crippen LogP contribution in [0.25, 0.3) is 0 Å². The number of aryl methyl sites for hydroxylation is 2. The molecule has 1 fully saturated rings. The van der Waals surface area contributed by atoms with Gasteiger partial charge in [0.1, 0.15) is 5.82 Å². The van der Waals surface area contributed by atoms with Crippen molar-refractivity contribution in [2.45, 2.75) is 45.8 Å². The minimum atomic E-state index is 0.618. The maximum atomic E-state index is 4.57. The zero-order valence-corrected chi connectivity index (χ0v) is 16.0. The van der Waals surface area contributed by atoms with E-state index in [4.69, 9.17) is 0 Å². The van der Waals surface area contributed by atoms with Crippen LogP contribution in [0.1, 0.15) is 29.7 Å². The topological polar surface area (TPSA) is 45.1 Å². The summed E-state index contributed by atoms with van der Waals surface area (Å²) < 4.78 is 2.12. The number of hydrogen-bond acceptors (Lipinski definition) is 4. The van der Waals surface area contributed by atoms with Gasteiger partial charge in [-0.3, -0.25) is 4.90 Å². The second-order valence-corrected chi connectivity index (χ2v) is 8.05. The summed E-state index contributed by atoms with van der Waals surface area (Å²) in [7, 11) is 0. The van der Waals surface area contributed by atoms with Gasteiger partial charge in [-0.15, -0.1) is 0 Å². The minimum absolute atomic E-state index is 0.618. The van der Waals surface area contributed by atoms with Crippen LogP contribution in [-0.4, -0.2) is 46.9 Å². The molecule has 2 aliphatic rings. The Labute approximate surface area is 156 Å². The summed E-state index contributed by atoms with van der Waals surface area (Å²) in [6.45, 7) is 10.8. The molecule has 3 heterocycles. The average Bonchev–Trinajstić information content (AvgIpc) is 3.00. The summed E-state index contributed by atoms with van der Waals surface area (Å²) >= 11 is 0. The molecule has 0 saturated carbocycles. The lowest BCUT2D eigenvalue weighted by Gasteiger charge is -2.34. The Morgan fingerprint density at radius 2 is 2.04 bits per heavy atom. The van der Waals surface area contributed by atoms with Crippen molar-refractivity contribution in [3.8, 4) is 0 Å². The first kappa shape index (κ1) is 17.6. The highest BCUT2D eigenvalue weighted by molar-refractivity contribution is 5.38. The molecule has 5 heteroatoms. The highest BCUT2D eigenvalue weighted by atomic mass is 15.3. The first-order valence-corrected chi connectivity index (χ1v) is 9.95. The summed E-state index contributed by atoms with van der Waals surface area (Å²) in [6.07, 6.45) is 2.50. The Morgan fingerprint density at radius 3 is 2.85 bits per heavy atom. The monoisotopic (exact) mass is 353 g/mol. The molecule has 26 heavy (non-hydrogen) atoms. The number of nitrogens with one attached hydrogen (secondary N) is 2. The smallest absolute Gasteiger partial charge is 0.124 e. The van der Waals surface area contributed by atoms with Gasteiger partial charge in [0.15, 0.2) is 0 Å². The van der Waals surface area contributed by atoms with Gasteiger partial charge in [0.2, 0.25) is 0 Å². The molecule has 2 N–H and O–H groups in total. The summed E-state index contributed by atoms with van der Waals surface area (Å²) in [6, 6.07) is 11.7. The molecule has 0 amide bonds. The van der Waals surface area contributed by atoms with Crippen molar-refractivity contribution >= 4 is 5.82 Å². The SMILES string of the molecule is Cc1cccc(CN2CCC(NCC3CNc4cc(C)nn4C3)CC2)c1. The van der Waals surface area contributed by atoms with E-state index in [9.17, 15) is 0 Å². The Kier molecular flexibility index (Phi) is 5.27. The van der Waals surface area contributed by atoms with Gasteiger partial charge >= 0.3 is 0 Å². The van der Waals surface area contributed by atoms with Gasteiger partial charge in [-0.25, -0.2) is 4.68 Å². The molecular weight excluding hydrogens is 322 g/mol. The molecule has 1 aromatic heterocycles. The fourth-order valence-electron chi connectivity index (χ4n) is 4.22. The average molecular weight is 354 g/mol. The number of hydrogen-bond donors (Lipinski definition) is 2. The molecule has 5 nitrogen and oxygen atoms in total. The van der Waals surface area contributed by atoms with Crippen LogP contribution >= 0.6 is 0 Å². The molecule has 1 atom stereocenters. The van der Waals surface area contributed by atoms with Crippen LogP contribution < -0.4 is 10.6 Å². The maximum absolute atomic E-state index is 4.57. The van der Waals surface area contributed by atoms with Crippen LogP contribution in [0.3, 0.4) is 0 Å². The van der Waals surface area contributed by atoms with Crippen LogP contribution in [0.15, 0.2) is 30.3 Å². The highest BCUT2D eigenvalue weighted by Gasteiger charge is 2.22. The van der Waals surface area contributed by atoms with Crippen LogP contribution in [0, 0.1) is 19.8 Å². The van der Waals surface area contributed by atoms with Gasteiger partial charge < -0.3 is 10.6 Å². The van der Waals surface area contributed by atoms with Crippen molar-refractivity contribution in [3.05, 3.63) is 47.2 Å². The first-order valence-electron chi connectivity index (χ1n) is 9.95. The molecule has 4 rings (SSSR count). The summed E-state index contributed by atoms with van der Waals surface area (Å²) in [5.74, 6) is 1.79. The van der Waals surface area contributed by atoms with E-state index in [0.717, 1.165) is 31.9 Å². The molecule has 2 aliphatic heterocycles. The Balaban J connectivity index is 1.20. The van der Waals surface area contributed by atoms with Crippen LogP contribution in [0.2, 0.25) is 0 Å². The van der Waals surface area contributed by atoms with Gasteiger partial charge in [-0.1, -0.05) is 29.8 Å². The quantitative estimate of drug-likeness (QED) is 0.868. The molecule has 0 radical (unpaired) electrons. The van der Waals surface area contributed by atoms with Gasteiger partial charge in [0.05, 0.1) is 5.69 Å². The number of benzene rings is 1. The normalized spacial score (nSPS) is 21.4. The second kappa shape index (κ2) is 7.80. The van der Waals surface area contributed by atoms with E-state index in [1.54, 1.807) is 0 Å². The summed E-state index contributed by atoms with van der Waals surface area (Å²) in [5.41, 5.74) is 3.90. The number of likely N-dealkylation sites (tertiary alicyclic amines) is 1. The fraction of sp³-hybridized carbons (Fsp3) is 0.571. The maximum Gasteiger partial charge on any atom is 0.124 e. The van der Waals surface area contributed by atoms with E-state index in [-0.39, 0.29) is 0 Å². The third-order valence-electron chi connectivity index (χ3n) is 5.68.